The van der Waals surface area contributed by atoms with E-state index in [1.54, 1.807) is 0 Å². The molecule has 0 N–H and O–H groups in total. The minimum absolute atomic E-state index is 0.242. The molecule has 4 heteroatoms. The first-order valence-electron chi connectivity index (χ1n) is 4.62. The summed E-state index contributed by atoms with van der Waals surface area (Å²) in [7, 11) is 0. The second kappa shape index (κ2) is 2.15. The third kappa shape index (κ3) is 0.573. The molecule has 3 rings (SSSR count). The maximum absolute atomic E-state index is 11.7. The Kier molecular flexibility index (Phi) is 1.33. The third-order valence-corrected chi connectivity index (χ3v) is 7.06. The van der Waals surface area contributed by atoms with Crippen molar-refractivity contribution >= 4 is 26.9 Å². The molecule has 74 valence electrons. The van der Waals surface area contributed by atoms with Gasteiger partial charge in [0, 0.05) is 0 Å². The summed E-state index contributed by atoms with van der Waals surface area (Å²) in [5, 5.41) is 0. The van der Waals surface area contributed by atoms with Crippen LogP contribution in [0.15, 0.2) is 11.1 Å². The first-order chi connectivity index (χ1) is 6.53. The van der Waals surface area contributed by atoms with Crippen LogP contribution in [0.2, 0.25) is 4.82 Å². The summed E-state index contributed by atoms with van der Waals surface area (Å²) >= 11 is 0.350. The number of fused-ring (bicyclic) bond motifs is 4. The Morgan fingerprint density at radius 3 is 2.64 bits per heavy atom. The molecular weight excluding hydrogens is 247 g/mol. The van der Waals surface area contributed by atoms with Crippen LogP contribution in [-0.2, 0) is 14.3 Å². The monoisotopic (exact) mass is 258 g/mol. The molecule has 14 heavy (non-hydrogen) atoms. The summed E-state index contributed by atoms with van der Waals surface area (Å²) in [6, 6.07) is 0. The standard InChI is InChI=1S/C10H10O3Se/c1-9-5-3-4-14-6(5)10(9,2)8(12)13-7(9)11/h3-6H,1-2H3/t5-,6+,9-,10+/m1/s1. The van der Waals surface area contributed by atoms with Gasteiger partial charge in [0.15, 0.2) is 0 Å². The van der Waals surface area contributed by atoms with Crippen molar-refractivity contribution in [3.8, 4) is 0 Å². The topological polar surface area (TPSA) is 43.4 Å². The summed E-state index contributed by atoms with van der Waals surface area (Å²) in [6.45, 7) is 3.75. The van der Waals surface area contributed by atoms with Crippen molar-refractivity contribution in [2.45, 2.75) is 18.7 Å². The molecule has 0 aromatic heterocycles. The van der Waals surface area contributed by atoms with Crippen LogP contribution in [0, 0.1) is 16.7 Å². The molecule has 2 aliphatic heterocycles. The van der Waals surface area contributed by atoms with E-state index in [0.29, 0.717) is 19.8 Å². The van der Waals surface area contributed by atoms with Gasteiger partial charge in [-0.05, 0) is 0 Å². The van der Waals surface area contributed by atoms with Gasteiger partial charge in [0.05, 0.1) is 0 Å². The molecule has 0 spiro atoms. The molecule has 0 amide bonds. The van der Waals surface area contributed by atoms with E-state index in [0.717, 1.165) is 0 Å². The van der Waals surface area contributed by atoms with Crippen LogP contribution >= 0.6 is 0 Å². The van der Waals surface area contributed by atoms with E-state index in [1.165, 1.54) is 0 Å². The second-order valence-electron chi connectivity index (χ2n) is 4.49. The number of ether oxygens (including phenoxy) is 1. The van der Waals surface area contributed by atoms with Gasteiger partial charge in [0.2, 0.25) is 0 Å². The molecule has 0 aromatic rings. The molecule has 1 saturated carbocycles. The van der Waals surface area contributed by atoms with Gasteiger partial charge in [-0.2, -0.15) is 0 Å². The van der Waals surface area contributed by atoms with Crippen LogP contribution in [0.5, 0.6) is 0 Å². The van der Waals surface area contributed by atoms with E-state index in [-0.39, 0.29) is 17.9 Å². The van der Waals surface area contributed by atoms with Crippen molar-refractivity contribution in [1.82, 2.24) is 0 Å². The van der Waals surface area contributed by atoms with Crippen LogP contribution in [0.3, 0.4) is 0 Å². The Bertz CT molecular complexity index is 389. The van der Waals surface area contributed by atoms with Gasteiger partial charge in [0.1, 0.15) is 0 Å². The van der Waals surface area contributed by atoms with Crippen LogP contribution in [0.1, 0.15) is 13.8 Å². The fourth-order valence-electron chi connectivity index (χ4n) is 2.91. The Morgan fingerprint density at radius 1 is 1.29 bits per heavy atom. The van der Waals surface area contributed by atoms with Crippen molar-refractivity contribution in [3.63, 3.8) is 0 Å². The van der Waals surface area contributed by atoms with E-state index >= 15 is 0 Å². The predicted molar refractivity (Wildman–Crippen MR) is 49.4 cm³/mol. The average Bonchev–Trinajstić information content (AvgIpc) is 2.65. The molecule has 4 atom stereocenters. The summed E-state index contributed by atoms with van der Waals surface area (Å²) in [4.78, 5) is 25.8. The summed E-state index contributed by atoms with van der Waals surface area (Å²) < 4.78 is 4.79. The Balaban J connectivity index is 2.16. The van der Waals surface area contributed by atoms with E-state index in [2.05, 4.69) is 11.1 Å². The molecule has 0 unspecified atom stereocenters. The molecule has 0 aromatic carbocycles. The van der Waals surface area contributed by atoms with Gasteiger partial charge in [-0.25, -0.2) is 0 Å². The van der Waals surface area contributed by atoms with Gasteiger partial charge >= 0.3 is 87.7 Å². The first kappa shape index (κ1) is 8.69. The zero-order valence-electron chi connectivity index (χ0n) is 7.94. The van der Waals surface area contributed by atoms with Crippen LogP contribution < -0.4 is 0 Å². The number of carbonyl (C=O) groups is 2. The molecule has 2 fully saturated rings. The molecule has 3 aliphatic rings. The molecule has 2 heterocycles. The molecule has 1 saturated heterocycles. The Hall–Kier alpha value is -0.601. The predicted octanol–water partition coefficient (Wildman–Crippen LogP) is 0.732. The number of carbonyl (C=O) groups excluding carboxylic acids is 2. The summed E-state index contributed by atoms with van der Waals surface area (Å²) in [6.07, 6.45) is 2.09. The normalized spacial score (nSPS) is 53.9. The van der Waals surface area contributed by atoms with Gasteiger partial charge in [-0.3, -0.25) is 0 Å². The van der Waals surface area contributed by atoms with Gasteiger partial charge in [-0.15, -0.1) is 0 Å². The van der Waals surface area contributed by atoms with Crippen LogP contribution in [-0.4, -0.2) is 26.9 Å². The Labute approximate surface area is 88.0 Å². The number of hydrogen-bond acceptors (Lipinski definition) is 3. The van der Waals surface area contributed by atoms with Gasteiger partial charge < -0.3 is 0 Å². The van der Waals surface area contributed by atoms with E-state index < -0.39 is 10.8 Å². The number of esters is 2. The fourth-order valence-corrected chi connectivity index (χ4v) is 6.21. The Morgan fingerprint density at radius 2 is 1.93 bits per heavy atom. The fraction of sp³-hybridized carbons (Fsp3) is 0.600. The molecule has 3 nitrogen and oxygen atoms in total. The van der Waals surface area contributed by atoms with Gasteiger partial charge in [0.25, 0.3) is 0 Å². The number of allylic oxidation sites excluding steroid dienone is 1. The van der Waals surface area contributed by atoms with Crippen molar-refractivity contribution in [1.29, 1.82) is 0 Å². The third-order valence-electron chi connectivity index (χ3n) is 4.19. The molecule has 1 aliphatic carbocycles. The van der Waals surface area contributed by atoms with Crippen molar-refractivity contribution in [2.75, 3.05) is 0 Å². The first-order valence-corrected chi connectivity index (χ1v) is 6.59. The van der Waals surface area contributed by atoms with Crippen LogP contribution in [0.4, 0.5) is 0 Å². The molecule has 0 radical (unpaired) electrons. The SMILES string of the molecule is C[C@@]12C(=O)OC(=O)[C@]1(C)[C@H]1[Se]C=C[C@H]12. The summed E-state index contributed by atoms with van der Waals surface area (Å²) in [5.74, 6) is -0.392. The van der Waals surface area contributed by atoms with Crippen molar-refractivity contribution in [2.24, 2.45) is 16.7 Å². The van der Waals surface area contributed by atoms with Crippen molar-refractivity contribution in [3.05, 3.63) is 11.1 Å². The molecular formula is C10H10O3Se. The number of hydrogen-bond donors (Lipinski definition) is 0. The number of rotatable bonds is 0. The van der Waals surface area contributed by atoms with Crippen molar-refractivity contribution < 1.29 is 14.3 Å². The zero-order valence-corrected chi connectivity index (χ0v) is 9.66. The average molecular weight is 257 g/mol. The van der Waals surface area contributed by atoms with E-state index in [9.17, 15) is 9.59 Å². The zero-order chi connectivity index (χ0) is 10.1. The minimum atomic E-state index is -0.580. The summed E-state index contributed by atoms with van der Waals surface area (Å²) in [5.41, 5.74) is -1.12. The van der Waals surface area contributed by atoms with Crippen LogP contribution in [0.25, 0.3) is 0 Å². The van der Waals surface area contributed by atoms with Gasteiger partial charge in [-0.1, -0.05) is 0 Å². The van der Waals surface area contributed by atoms with E-state index in [1.807, 2.05) is 13.8 Å². The maximum atomic E-state index is 11.7. The van der Waals surface area contributed by atoms with E-state index in [4.69, 9.17) is 4.74 Å². The quantitative estimate of drug-likeness (QED) is 0.365. The molecule has 0 bridgehead atoms. The second-order valence-corrected chi connectivity index (χ2v) is 6.70. The number of cyclic esters (lactones) is 2.